The second-order valence-corrected chi connectivity index (χ2v) is 8.96. The van der Waals surface area contributed by atoms with Crippen LogP contribution >= 0.6 is 11.8 Å². The summed E-state index contributed by atoms with van der Waals surface area (Å²) >= 11 is 1.52. The van der Waals surface area contributed by atoms with E-state index in [0.717, 1.165) is 0 Å². The van der Waals surface area contributed by atoms with Crippen LogP contribution in [-0.2, 0) is 19.8 Å². The smallest absolute Gasteiger partial charge is 0.312 e. The summed E-state index contributed by atoms with van der Waals surface area (Å²) in [6.45, 7) is 7.73. The second kappa shape index (κ2) is 6.85. The highest BCUT2D eigenvalue weighted by Crippen LogP contribution is 2.49. The molecule has 2 heterocycles. The lowest BCUT2D eigenvalue weighted by molar-refractivity contribution is -0.153. The van der Waals surface area contributed by atoms with Gasteiger partial charge in [-0.05, 0) is 45.9 Å². The van der Waals surface area contributed by atoms with Crippen molar-refractivity contribution in [3.05, 3.63) is 29.6 Å². The van der Waals surface area contributed by atoms with Crippen LogP contribution < -0.4 is 5.73 Å². The van der Waals surface area contributed by atoms with Gasteiger partial charge in [-0.2, -0.15) is 0 Å². The number of anilines is 1. The first kappa shape index (κ1) is 19.2. The summed E-state index contributed by atoms with van der Waals surface area (Å²) < 4.78 is 25.9. The van der Waals surface area contributed by atoms with Gasteiger partial charge in [0.25, 0.3) is 0 Å². The van der Waals surface area contributed by atoms with Gasteiger partial charge in [0.1, 0.15) is 17.0 Å². The molecule has 0 spiro atoms. The summed E-state index contributed by atoms with van der Waals surface area (Å²) in [6.07, 6.45) is 0.0319. The molecule has 0 bridgehead atoms. The van der Waals surface area contributed by atoms with Gasteiger partial charge >= 0.3 is 5.97 Å². The number of ether oxygens (including phenoxy) is 2. The number of aliphatic imine (C=N–C) groups is 1. The molecule has 2 aliphatic rings. The molecule has 0 unspecified atom stereocenters. The zero-order valence-corrected chi connectivity index (χ0v) is 16.4. The fourth-order valence-corrected chi connectivity index (χ4v) is 4.87. The number of thioether (sulfide) groups is 1. The third-order valence-electron chi connectivity index (χ3n) is 4.67. The number of rotatable bonds is 3. The van der Waals surface area contributed by atoms with E-state index in [2.05, 4.69) is 0 Å². The zero-order chi connectivity index (χ0) is 19.1. The van der Waals surface area contributed by atoms with Crippen LogP contribution in [0.15, 0.2) is 23.2 Å². The molecule has 2 N–H and O–H groups in total. The minimum Gasteiger partial charge on any atom is -0.460 e. The Morgan fingerprint density at radius 1 is 1.50 bits per heavy atom. The van der Waals surface area contributed by atoms with Crippen LogP contribution in [0, 0.1) is 11.7 Å². The average Bonchev–Trinajstić information content (AvgIpc) is 2.85. The number of hydrogen-bond donors (Lipinski definition) is 1. The fraction of sp³-hybridized carbons (Fsp3) is 0.579. The van der Waals surface area contributed by atoms with Crippen LogP contribution in [-0.4, -0.2) is 35.1 Å². The van der Waals surface area contributed by atoms with Crippen molar-refractivity contribution in [2.75, 3.05) is 18.1 Å². The lowest BCUT2D eigenvalue weighted by Gasteiger charge is -2.36. The van der Waals surface area contributed by atoms with Gasteiger partial charge in [-0.3, -0.25) is 9.79 Å². The lowest BCUT2D eigenvalue weighted by atomic mass is 9.79. The Hall–Kier alpha value is -1.60. The van der Waals surface area contributed by atoms with Crippen LogP contribution in [0.25, 0.3) is 0 Å². The van der Waals surface area contributed by atoms with E-state index in [1.54, 1.807) is 6.07 Å². The average molecular weight is 380 g/mol. The highest BCUT2D eigenvalue weighted by atomic mass is 32.2. The molecule has 0 saturated carbocycles. The van der Waals surface area contributed by atoms with Crippen molar-refractivity contribution in [2.24, 2.45) is 10.9 Å². The molecule has 142 valence electrons. The Kier molecular flexibility index (Phi) is 5.05. The number of esters is 1. The third kappa shape index (κ3) is 3.74. The summed E-state index contributed by atoms with van der Waals surface area (Å²) in [6, 6.07) is 4.53. The van der Waals surface area contributed by atoms with Crippen LogP contribution in [0.2, 0.25) is 0 Å². The number of benzene rings is 1. The summed E-state index contributed by atoms with van der Waals surface area (Å²) in [5.41, 5.74) is 5.42. The standard InChI is InChI=1S/C19H25FN2O3S/c1-11-14-9-26-16(8-17(23)25-18(2,3)4)22-19(14,10-24-11)13-7-12(21)5-6-15(13)20/h5-7,11,14H,8-10,21H2,1-4H3/t11-,14-,19-/m1/s1. The zero-order valence-electron chi connectivity index (χ0n) is 15.5. The van der Waals surface area contributed by atoms with Gasteiger partial charge in [0.2, 0.25) is 0 Å². The predicted octanol–water partition coefficient (Wildman–Crippen LogP) is 3.52. The Bertz CT molecular complexity index is 747. The second-order valence-electron chi connectivity index (χ2n) is 7.87. The summed E-state index contributed by atoms with van der Waals surface area (Å²) in [7, 11) is 0. The number of carbonyl (C=O) groups excluding carboxylic acids is 1. The van der Waals surface area contributed by atoms with Gasteiger partial charge in [-0.1, -0.05) is 0 Å². The number of fused-ring (bicyclic) bond motifs is 1. The van der Waals surface area contributed by atoms with Gasteiger partial charge in [-0.25, -0.2) is 4.39 Å². The van der Waals surface area contributed by atoms with E-state index in [4.69, 9.17) is 20.2 Å². The molecular formula is C19H25FN2O3S. The molecule has 1 aromatic carbocycles. The number of hydrogen-bond acceptors (Lipinski definition) is 6. The molecule has 5 nitrogen and oxygen atoms in total. The van der Waals surface area contributed by atoms with Crippen molar-refractivity contribution in [3.8, 4) is 0 Å². The molecule has 0 aromatic heterocycles. The minimum absolute atomic E-state index is 0.0196. The van der Waals surface area contributed by atoms with E-state index in [-0.39, 0.29) is 36.8 Å². The Labute approximate surface area is 157 Å². The van der Waals surface area contributed by atoms with Gasteiger partial charge in [0.15, 0.2) is 0 Å². The molecule has 1 fully saturated rings. The van der Waals surface area contributed by atoms with Crippen molar-refractivity contribution >= 4 is 28.5 Å². The van der Waals surface area contributed by atoms with Gasteiger partial charge < -0.3 is 15.2 Å². The van der Waals surface area contributed by atoms with Gasteiger partial charge in [0, 0.05) is 22.9 Å². The molecule has 0 aliphatic carbocycles. The van der Waals surface area contributed by atoms with Gasteiger partial charge in [0.05, 0.1) is 24.2 Å². The topological polar surface area (TPSA) is 73.9 Å². The van der Waals surface area contributed by atoms with Crippen LogP contribution in [0.3, 0.4) is 0 Å². The van der Waals surface area contributed by atoms with E-state index in [1.165, 1.54) is 23.9 Å². The molecule has 7 heteroatoms. The van der Waals surface area contributed by atoms with Crippen LogP contribution in [0.1, 0.15) is 39.7 Å². The quantitative estimate of drug-likeness (QED) is 0.642. The van der Waals surface area contributed by atoms with Crippen molar-refractivity contribution in [2.45, 2.75) is 51.4 Å². The highest BCUT2D eigenvalue weighted by Gasteiger charge is 2.52. The highest BCUT2D eigenvalue weighted by molar-refractivity contribution is 8.14. The molecule has 1 saturated heterocycles. The molecule has 3 atom stereocenters. The molecule has 26 heavy (non-hydrogen) atoms. The minimum atomic E-state index is -0.846. The molecule has 1 aromatic rings. The summed E-state index contributed by atoms with van der Waals surface area (Å²) in [4.78, 5) is 17.0. The Morgan fingerprint density at radius 2 is 2.23 bits per heavy atom. The number of halogens is 1. The summed E-state index contributed by atoms with van der Waals surface area (Å²) in [5.74, 6) is 0.0366. The Balaban J connectivity index is 1.96. The van der Waals surface area contributed by atoms with Crippen LogP contribution in [0.5, 0.6) is 0 Å². The monoisotopic (exact) mass is 380 g/mol. The molecule has 0 radical (unpaired) electrons. The van der Waals surface area contributed by atoms with E-state index >= 15 is 0 Å². The maximum Gasteiger partial charge on any atom is 0.312 e. The first-order chi connectivity index (χ1) is 12.1. The van der Waals surface area contributed by atoms with Crippen molar-refractivity contribution in [1.29, 1.82) is 0 Å². The van der Waals surface area contributed by atoms with E-state index in [1.807, 2.05) is 27.7 Å². The lowest BCUT2D eigenvalue weighted by Crippen LogP contribution is -2.41. The SMILES string of the molecule is C[C@H]1OC[C@]2(c3cc(N)ccc3F)N=C(CC(=O)OC(C)(C)C)SC[C@H]12. The van der Waals surface area contributed by atoms with E-state index in [9.17, 15) is 9.18 Å². The fourth-order valence-electron chi connectivity index (χ4n) is 3.50. The first-order valence-electron chi connectivity index (χ1n) is 8.71. The molecular weight excluding hydrogens is 355 g/mol. The molecule has 0 amide bonds. The van der Waals surface area contributed by atoms with Crippen molar-refractivity contribution < 1.29 is 18.7 Å². The molecule has 3 rings (SSSR count). The number of carbonyl (C=O) groups is 1. The maximum atomic E-state index is 14.6. The Morgan fingerprint density at radius 3 is 2.92 bits per heavy atom. The number of nitrogens with two attached hydrogens (primary N) is 1. The number of nitrogens with zero attached hydrogens (tertiary/aromatic N) is 1. The normalized spacial score (nSPS) is 28.4. The number of nitrogen functional groups attached to an aromatic ring is 1. The first-order valence-corrected chi connectivity index (χ1v) is 9.70. The third-order valence-corrected chi connectivity index (χ3v) is 5.77. The maximum absolute atomic E-state index is 14.6. The van der Waals surface area contributed by atoms with Crippen molar-refractivity contribution in [1.82, 2.24) is 0 Å². The van der Waals surface area contributed by atoms with E-state index < -0.39 is 11.1 Å². The van der Waals surface area contributed by atoms with E-state index in [0.29, 0.717) is 22.0 Å². The summed E-state index contributed by atoms with van der Waals surface area (Å²) in [5, 5.41) is 0.648. The molecule has 2 aliphatic heterocycles. The van der Waals surface area contributed by atoms with Crippen molar-refractivity contribution in [3.63, 3.8) is 0 Å². The predicted molar refractivity (Wildman–Crippen MR) is 102 cm³/mol. The van der Waals surface area contributed by atoms with Crippen LogP contribution in [0.4, 0.5) is 10.1 Å². The largest absolute Gasteiger partial charge is 0.460 e. The van der Waals surface area contributed by atoms with Gasteiger partial charge in [-0.15, -0.1) is 11.8 Å².